The molecule has 22 heavy (non-hydrogen) atoms. The van der Waals surface area contributed by atoms with Crippen LogP contribution in [0.15, 0.2) is 34.1 Å². The van der Waals surface area contributed by atoms with Gasteiger partial charge in [-0.15, -0.1) is 11.3 Å². The molecule has 0 saturated carbocycles. The van der Waals surface area contributed by atoms with Crippen molar-refractivity contribution in [1.82, 2.24) is 0 Å². The number of ether oxygens (including phenoxy) is 1. The molecule has 0 radical (unpaired) electrons. The predicted molar refractivity (Wildman–Crippen MR) is 98.5 cm³/mol. The Balaban J connectivity index is 1.93. The van der Waals surface area contributed by atoms with Crippen molar-refractivity contribution in [2.75, 3.05) is 0 Å². The third kappa shape index (κ3) is 3.04. The second-order valence-corrected chi connectivity index (χ2v) is 8.73. The second-order valence-electron chi connectivity index (χ2n) is 6.91. The molecular weight excluding hydrogens is 356 g/mol. The van der Waals surface area contributed by atoms with Crippen LogP contribution in [0, 0.1) is 5.92 Å². The molecule has 1 heterocycles. The fourth-order valence-electron chi connectivity index (χ4n) is 2.93. The molecule has 3 heteroatoms. The van der Waals surface area contributed by atoms with Gasteiger partial charge in [-0.25, -0.2) is 0 Å². The molecule has 0 bridgehead atoms. The smallest absolute Gasteiger partial charge is 0.0838 e. The largest absolute Gasteiger partial charge is 0.367 e. The van der Waals surface area contributed by atoms with E-state index in [1.807, 2.05) is 0 Å². The minimum absolute atomic E-state index is 0.0890. The molecule has 1 unspecified atom stereocenters. The maximum atomic E-state index is 6.48. The number of benzene rings is 1. The van der Waals surface area contributed by atoms with Crippen molar-refractivity contribution < 1.29 is 4.74 Å². The van der Waals surface area contributed by atoms with Gasteiger partial charge in [-0.1, -0.05) is 32.0 Å². The molecule has 0 aliphatic heterocycles. The minimum Gasteiger partial charge on any atom is -0.367 e. The Bertz CT molecular complexity index is 672. The number of hydrogen-bond donors (Lipinski definition) is 0. The lowest BCUT2D eigenvalue weighted by Crippen LogP contribution is -2.32. The third-order valence-corrected chi connectivity index (χ3v) is 6.61. The van der Waals surface area contributed by atoms with Crippen LogP contribution in [0.2, 0.25) is 0 Å². The van der Waals surface area contributed by atoms with Crippen molar-refractivity contribution >= 4 is 27.3 Å². The summed E-state index contributed by atoms with van der Waals surface area (Å²) in [5.74, 6) is 0.507. The van der Waals surface area contributed by atoms with Crippen LogP contribution in [0.1, 0.15) is 51.3 Å². The highest BCUT2D eigenvalue weighted by Gasteiger charge is 2.32. The molecule has 1 aromatic carbocycles. The van der Waals surface area contributed by atoms with Crippen molar-refractivity contribution in [1.29, 1.82) is 0 Å². The molecule has 1 aromatic heterocycles. The van der Waals surface area contributed by atoms with Crippen LogP contribution >= 0.6 is 27.3 Å². The van der Waals surface area contributed by atoms with Crippen LogP contribution in [-0.4, -0.2) is 5.60 Å². The normalized spacial score (nSPS) is 18.0. The predicted octanol–water partition coefficient (Wildman–Crippen LogP) is 6.62. The maximum Gasteiger partial charge on any atom is 0.0838 e. The molecule has 3 rings (SSSR count). The molecule has 0 fully saturated rings. The first kappa shape index (κ1) is 16.2. The summed E-state index contributed by atoms with van der Waals surface area (Å²) in [6, 6.07) is 8.88. The zero-order valence-corrected chi connectivity index (χ0v) is 16.1. The quantitative estimate of drug-likeness (QED) is 0.580. The molecule has 2 aromatic rings. The summed E-state index contributed by atoms with van der Waals surface area (Å²) in [4.78, 5) is 1.34. The SMILES string of the molecule is CC(C)C(C)(C)OC1CCc2c(-c3cc(Br)cs3)cccc21. The summed E-state index contributed by atoms with van der Waals surface area (Å²) < 4.78 is 7.64. The van der Waals surface area contributed by atoms with Gasteiger partial charge in [-0.2, -0.15) is 0 Å². The number of rotatable bonds is 4. The first-order valence-electron chi connectivity index (χ1n) is 7.92. The summed E-state index contributed by atoms with van der Waals surface area (Å²) in [7, 11) is 0. The van der Waals surface area contributed by atoms with E-state index < -0.39 is 0 Å². The van der Waals surface area contributed by atoms with E-state index in [0.29, 0.717) is 5.92 Å². The first-order chi connectivity index (χ1) is 10.4. The molecule has 1 atom stereocenters. The number of thiophene rings is 1. The zero-order chi connectivity index (χ0) is 15.9. The Kier molecular flexibility index (Phi) is 4.50. The lowest BCUT2D eigenvalue weighted by Gasteiger charge is -2.33. The summed E-state index contributed by atoms with van der Waals surface area (Å²) in [6.07, 6.45) is 2.44. The third-order valence-electron chi connectivity index (χ3n) is 4.88. The molecule has 0 amide bonds. The highest BCUT2D eigenvalue weighted by atomic mass is 79.9. The average Bonchev–Trinajstić information content (AvgIpc) is 3.05. The summed E-state index contributed by atoms with van der Waals surface area (Å²) in [6.45, 7) is 8.87. The summed E-state index contributed by atoms with van der Waals surface area (Å²) >= 11 is 5.36. The minimum atomic E-state index is -0.0890. The van der Waals surface area contributed by atoms with Crippen molar-refractivity contribution in [3.63, 3.8) is 0 Å². The van der Waals surface area contributed by atoms with Gasteiger partial charge in [0.15, 0.2) is 0 Å². The van der Waals surface area contributed by atoms with Gasteiger partial charge in [0.2, 0.25) is 0 Å². The molecule has 1 aliphatic rings. The van der Waals surface area contributed by atoms with E-state index in [-0.39, 0.29) is 11.7 Å². The van der Waals surface area contributed by atoms with E-state index in [9.17, 15) is 0 Å². The average molecular weight is 379 g/mol. The summed E-state index contributed by atoms with van der Waals surface area (Å²) in [5, 5.41) is 2.15. The van der Waals surface area contributed by atoms with Crippen molar-refractivity contribution in [3.8, 4) is 10.4 Å². The van der Waals surface area contributed by atoms with Gasteiger partial charge >= 0.3 is 0 Å². The molecule has 118 valence electrons. The number of hydrogen-bond acceptors (Lipinski definition) is 2. The number of fused-ring (bicyclic) bond motifs is 1. The van der Waals surface area contributed by atoms with Crippen LogP contribution in [0.5, 0.6) is 0 Å². The molecular formula is C19H23BrOS. The van der Waals surface area contributed by atoms with E-state index in [1.54, 1.807) is 11.3 Å². The van der Waals surface area contributed by atoms with Gasteiger partial charge in [-0.05, 0) is 71.3 Å². The molecule has 0 N–H and O–H groups in total. The molecule has 1 aliphatic carbocycles. The monoisotopic (exact) mass is 378 g/mol. The van der Waals surface area contributed by atoms with E-state index in [1.165, 1.54) is 21.6 Å². The van der Waals surface area contributed by atoms with Crippen LogP contribution in [-0.2, 0) is 11.2 Å². The van der Waals surface area contributed by atoms with E-state index in [2.05, 4.69) is 73.3 Å². The lowest BCUT2D eigenvalue weighted by atomic mass is 9.94. The van der Waals surface area contributed by atoms with Gasteiger partial charge in [0.05, 0.1) is 11.7 Å². The van der Waals surface area contributed by atoms with E-state index in [4.69, 9.17) is 4.74 Å². The molecule has 1 nitrogen and oxygen atoms in total. The van der Waals surface area contributed by atoms with Crippen molar-refractivity contribution in [3.05, 3.63) is 45.2 Å². The Morgan fingerprint density at radius 1 is 1.32 bits per heavy atom. The van der Waals surface area contributed by atoms with Gasteiger partial charge in [0, 0.05) is 14.7 Å². The van der Waals surface area contributed by atoms with Crippen LogP contribution < -0.4 is 0 Å². The number of halogens is 1. The first-order valence-corrected chi connectivity index (χ1v) is 9.60. The fraction of sp³-hybridized carbons (Fsp3) is 0.474. The second kappa shape index (κ2) is 6.10. The zero-order valence-electron chi connectivity index (χ0n) is 13.7. The van der Waals surface area contributed by atoms with Gasteiger partial charge in [-0.3, -0.25) is 0 Å². The van der Waals surface area contributed by atoms with Crippen LogP contribution in [0.4, 0.5) is 0 Å². The molecule has 0 spiro atoms. The standard InChI is InChI=1S/C19H23BrOS/c1-12(2)19(3,4)21-17-9-8-14-15(17)6-5-7-16(14)18-10-13(20)11-22-18/h5-7,10-12,17H,8-9H2,1-4H3. The fourth-order valence-corrected chi connectivity index (χ4v) is 4.41. The van der Waals surface area contributed by atoms with Gasteiger partial charge in [0.1, 0.15) is 0 Å². The lowest BCUT2D eigenvalue weighted by molar-refractivity contribution is -0.0988. The Labute approximate surface area is 145 Å². The highest BCUT2D eigenvalue weighted by Crippen LogP contribution is 2.43. The topological polar surface area (TPSA) is 9.23 Å². The van der Waals surface area contributed by atoms with Crippen LogP contribution in [0.25, 0.3) is 10.4 Å². The van der Waals surface area contributed by atoms with E-state index >= 15 is 0 Å². The Morgan fingerprint density at radius 3 is 2.73 bits per heavy atom. The van der Waals surface area contributed by atoms with Crippen molar-refractivity contribution in [2.24, 2.45) is 5.92 Å². The van der Waals surface area contributed by atoms with Crippen LogP contribution in [0.3, 0.4) is 0 Å². The Hall–Kier alpha value is -0.640. The Morgan fingerprint density at radius 2 is 2.09 bits per heavy atom. The van der Waals surface area contributed by atoms with Gasteiger partial charge < -0.3 is 4.74 Å². The highest BCUT2D eigenvalue weighted by molar-refractivity contribution is 9.10. The molecule has 0 saturated heterocycles. The van der Waals surface area contributed by atoms with Gasteiger partial charge in [0.25, 0.3) is 0 Å². The van der Waals surface area contributed by atoms with Crippen molar-refractivity contribution in [2.45, 2.75) is 52.2 Å². The van der Waals surface area contributed by atoms with E-state index in [0.717, 1.165) is 17.3 Å². The maximum absolute atomic E-state index is 6.48. The summed E-state index contributed by atoms with van der Waals surface area (Å²) in [5.41, 5.74) is 4.15.